The summed E-state index contributed by atoms with van der Waals surface area (Å²) in [7, 11) is 0. The van der Waals surface area contributed by atoms with Gasteiger partial charge in [-0.15, -0.1) is 11.8 Å². The molecule has 0 amide bonds. The summed E-state index contributed by atoms with van der Waals surface area (Å²) in [6, 6.07) is 3.88. The molecule has 0 saturated heterocycles. The van der Waals surface area contributed by atoms with E-state index in [9.17, 15) is 0 Å². The molecule has 0 aliphatic rings. The Morgan fingerprint density at radius 3 is 2.85 bits per heavy atom. The van der Waals surface area contributed by atoms with Crippen molar-refractivity contribution in [2.24, 2.45) is 0 Å². The largest absolute Gasteiger partial charge is 0.384 e. The topological polar surface area (TPSA) is 38.9 Å². The van der Waals surface area contributed by atoms with Gasteiger partial charge in [0.05, 0.1) is 0 Å². The summed E-state index contributed by atoms with van der Waals surface area (Å²) < 4.78 is 0. The molecule has 72 valence electrons. The number of nitrogens with zero attached hydrogens (tertiary/aromatic N) is 1. The van der Waals surface area contributed by atoms with Crippen LogP contribution < -0.4 is 5.73 Å². The molecule has 0 bridgehead atoms. The van der Waals surface area contributed by atoms with Gasteiger partial charge in [0.25, 0.3) is 0 Å². The van der Waals surface area contributed by atoms with Gasteiger partial charge in [0, 0.05) is 11.1 Å². The number of hydrogen-bond acceptors (Lipinski definition) is 3. The van der Waals surface area contributed by atoms with E-state index in [1.165, 1.54) is 29.9 Å². The molecule has 1 aromatic heterocycles. The number of unbranched alkanes of at least 4 members (excludes halogenated alkanes) is 2. The molecule has 0 saturated carbocycles. The molecule has 1 heterocycles. The van der Waals surface area contributed by atoms with Crippen molar-refractivity contribution >= 4 is 17.6 Å². The van der Waals surface area contributed by atoms with E-state index in [1.54, 1.807) is 0 Å². The zero-order valence-corrected chi connectivity index (χ0v) is 8.81. The first kappa shape index (κ1) is 10.4. The Labute approximate surface area is 83.9 Å². The van der Waals surface area contributed by atoms with Gasteiger partial charge in [0.15, 0.2) is 0 Å². The van der Waals surface area contributed by atoms with E-state index in [4.69, 9.17) is 5.73 Å². The lowest BCUT2D eigenvalue weighted by Crippen LogP contribution is -1.88. The molecular formula is C10H16N2S. The average Bonchev–Trinajstić information content (AvgIpc) is 2.15. The first-order chi connectivity index (χ1) is 6.33. The van der Waals surface area contributed by atoms with E-state index in [0.717, 1.165) is 0 Å². The van der Waals surface area contributed by atoms with Crippen molar-refractivity contribution in [3.05, 3.63) is 18.3 Å². The molecule has 2 nitrogen and oxygen atoms in total. The van der Waals surface area contributed by atoms with Gasteiger partial charge >= 0.3 is 0 Å². The van der Waals surface area contributed by atoms with Crippen LogP contribution in [0.4, 0.5) is 5.82 Å². The summed E-state index contributed by atoms with van der Waals surface area (Å²) >= 11 is 1.85. The van der Waals surface area contributed by atoms with Crippen LogP contribution in [0.1, 0.15) is 26.2 Å². The third-order valence-electron chi connectivity index (χ3n) is 1.78. The summed E-state index contributed by atoms with van der Waals surface area (Å²) in [5, 5.41) is 0. The zero-order valence-electron chi connectivity index (χ0n) is 7.99. The van der Waals surface area contributed by atoms with Gasteiger partial charge in [0.2, 0.25) is 0 Å². The van der Waals surface area contributed by atoms with Crippen LogP contribution in [0.15, 0.2) is 23.2 Å². The maximum absolute atomic E-state index is 5.48. The Morgan fingerprint density at radius 1 is 1.38 bits per heavy atom. The van der Waals surface area contributed by atoms with Crippen molar-refractivity contribution in [2.45, 2.75) is 31.1 Å². The third kappa shape index (κ3) is 4.18. The Morgan fingerprint density at radius 2 is 2.23 bits per heavy atom. The van der Waals surface area contributed by atoms with Crippen LogP contribution in [0.3, 0.4) is 0 Å². The normalized spacial score (nSPS) is 10.2. The summed E-state index contributed by atoms with van der Waals surface area (Å²) in [6.45, 7) is 2.22. The van der Waals surface area contributed by atoms with Gasteiger partial charge < -0.3 is 5.73 Å². The number of thioether (sulfide) groups is 1. The van der Waals surface area contributed by atoms with Crippen molar-refractivity contribution < 1.29 is 0 Å². The molecule has 13 heavy (non-hydrogen) atoms. The predicted octanol–water partition coefficient (Wildman–Crippen LogP) is 2.95. The first-order valence-electron chi connectivity index (χ1n) is 4.67. The first-order valence-corrected chi connectivity index (χ1v) is 5.66. The standard InChI is InChI=1S/C10H16N2S/c1-2-3-4-7-13-9-5-6-10(11)12-8-9/h5-6,8H,2-4,7H2,1H3,(H2,11,12). The van der Waals surface area contributed by atoms with E-state index in [2.05, 4.69) is 11.9 Å². The number of nitrogen functional groups attached to an aromatic ring is 1. The lowest BCUT2D eigenvalue weighted by Gasteiger charge is -2.00. The Kier molecular flexibility index (Phi) is 4.68. The SMILES string of the molecule is CCCCCSc1ccc(N)nc1. The lowest BCUT2D eigenvalue weighted by atomic mass is 10.3. The molecule has 0 fully saturated rings. The lowest BCUT2D eigenvalue weighted by molar-refractivity contribution is 0.778. The molecule has 1 rings (SSSR count). The molecule has 0 aromatic carbocycles. The van der Waals surface area contributed by atoms with Crippen LogP contribution in [0, 0.1) is 0 Å². The molecule has 0 aliphatic carbocycles. The second kappa shape index (κ2) is 5.86. The fourth-order valence-corrected chi connectivity index (χ4v) is 1.89. The molecule has 0 atom stereocenters. The highest BCUT2D eigenvalue weighted by atomic mass is 32.2. The van der Waals surface area contributed by atoms with Gasteiger partial charge in [-0.1, -0.05) is 19.8 Å². The minimum absolute atomic E-state index is 0.595. The van der Waals surface area contributed by atoms with Gasteiger partial charge in [0.1, 0.15) is 5.82 Å². The van der Waals surface area contributed by atoms with E-state index in [0.29, 0.717) is 5.82 Å². The summed E-state index contributed by atoms with van der Waals surface area (Å²) in [5.74, 6) is 1.78. The van der Waals surface area contributed by atoms with Gasteiger partial charge in [-0.05, 0) is 24.3 Å². The zero-order chi connectivity index (χ0) is 9.52. The molecule has 0 spiro atoms. The van der Waals surface area contributed by atoms with Gasteiger partial charge in [-0.3, -0.25) is 0 Å². The van der Waals surface area contributed by atoms with Crippen LogP contribution in [-0.4, -0.2) is 10.7 Å². The second-order valence-corrected chi connectivity index (χ2v) is 4.14. The highest BCUT2D eigenvalue weighted by Gasteiger charge is 1.93. The number of anilines is 1. The van der Waals surface area contributed by atoms with Crippen molar-refractivity contribution in [1.82, 2.24) is 4.98 Å². The van der Waals surface area contributed by atoms with Crippen LogP contribution in [0.5, 0.6) is 0 Å². The monoisotopic (exact) mass is 196 g/mol. The molecular weight excluding hydrogens is 180 g/mol. The van der Waals surface area contributed by atoms with Crippen LogP contribution in [-0.2, 0) is 0 Å². The van der Waals surface area contributed by atoms with Crippen molar-refractivity contribution in [3.8, 4) is 0 Å². The van der Waals surface area contributed by atoms with Crippen molar-refractivity contribution in [1.29, 1.82) is 0 Å². The molecule has 0 unspecified atom stereocenters. The van der Waals surface area contributed by atoms with E-state index in [-0.39, 0.29) is 0 Å². The maximum atomic E-state index is 5.48. The summed E-state index contributed by atoms with van der Waals surface area (Å²) in [4.78, 5) is 5.25. The van der Waals surface area contributed by atoms with Crippen LogP contribution in [0.25, 0.3) is 0 Å². The van der Waals surface area contributed by atoms with Gasteiger partial charge in [-0.25, -0.2) is 4.98 Å². The number of nitrogens with two attached hydrogens (primary N) is 1. The van der Waals surface area contributed by atoms with E-state index < -0.39 is 0 Å². The number of hydrogen-bond donors (Lipinski definition) is 1. The highest BCUT2D eigenvalue weighted by molar-refractivity contribution is 7.99. The number of rotatable bonds is 5. The van der Waals surface area contributed by atoms with Gasteiger partial charge in [-0.2, -0.15) is 0 Å². The molecule has 1 aromatic rings. The number of aromatic nitrogens is 1. The Balaban J connectivity index is 2.25. The van der Waals surface area contributed by atoms with Crippen molar-refractivity contribution in [3.63, 3.8) is 0 Å². The fourth-order valence-electron chi connectivity index (χ4n) is 1.02. The van der Waals surface area contributed by atoms with E-state index in [1.807, 2.05) is 30.1 Å². The van der Waals surface area contributed by atoms with E-state index >= 15 is 0 Å². The minimum Gasteiger partial charge on any atom is -0.384 e. The average molecular weight is 196 g/mol. The molecule has 0 aliphatic heterocycles. The third-order valence-corrected chi connectivity index (χ3v) is 2.84. The highest BCUT2D eigenvalue weighted by Crippen LogP contribution is 2.18. The summed E-state index contributed by atoms with van der Waals surface area (Å²) in [5.41, 5.74) is 5.48. The maximum Gasteiger partial charge on any atom is 0.123 e. The molecule has 2 N–H and O–H groups in total. The quantitative estimate of drug-likeness (QED) is 0.581. The van der Waals surface area contributed by atoms with Crippen LogP contribution in [0.2, 0.25) is 0 Å². The Hall–Kier alpha value is -0.700. The van der Waals surface area contributed by atoms with Crippen molar-refractivity contribution in [2.75, 3.05) is 11.5 Å². The molecule has 0 radical (unpaired) electrons. The molecule has 3 heteroatoms. The Bertz CT molecular complexity index is 233. The smallest absolute Gasteiger partial charge is 0.123 e. The predicted molar refractivity (Wildman–Crippen MR) is 58.9 cm³/mol. The minimum atomic E-state index is 0.595. The fraction of sp³-hybridized carbons (Fsp3) is 0.500. The van der Waals surface area contributed by atoms with Crippen LogP contribution >= 0.6 is 11.8 Å². The number of pyridine rings is 1. The second-order valence-electron chi connectivity index (χ2n) is 2.97. The summed E-state index contributed by atoms with van der Waals surface area (Å²) in [6.07, 6.45) is 5.72.